The third-order valence-electron chi connectivity index (χ3n) is 9.51. The number of nitrogens with two attached hydrogens (primary N) is 1. The summed E-state index contributed by atoms with van der Waals surface area (Å²) in [6.07, 6.45) is 13.8. The molecule has 20 nitrogen and oxygen atoms in total. The summed E-state index contributed by atoms with van der Waals surface area (Å²) in [6, 6.07) is 12.3. The minimum absolute atomic E-state index is 0.0404. The number of fused-ring (bicyclic) bond motifs is 2. The Morgan fingerprint density at radius 1 is 0.717 bits per heavy atom. The number of carbonyl (C=O) groups excluding carboxylic acids is 6. The van der Waals surface area contributed by atoms with E-state index in [1.807, 2.05) is 0 Å². The van der Waals surface area contributed by atoms with Crippen molar-refractivity contribution in [2.45, 2.75) is 24.9 Å². The first kappa shape index (κ1) is 38.2. The van der Waals surface area contributed by atoms with Crippen molar-refractivity contribution in [3.63, 3.8) is 0 Å². The Morgan fingerprint density at radius 2 is 1.33 bits per heavy atom. The van der Waals surface area contributed by atoms with Crippen LogP contribution in [0.3, 0.4) is 0 Å². The number of furan rings is 1. The highest BCUT2D eigenvalue weighted by Crippen LogP contribution is 2.25. The molecule has 6 aromatic heterocycles. The third kappa shape index (κ3) is 7.82. The molecule has 0 aliphatic carbocycles. The van der Waals surface area contributed by atoms with Gasteiger partial charge in [0.15, 0.2) is 0 Å². The van der Waals surface area contributed by atoms with Crippen LogP contribution in [-0.2, 0) is 32.0 Å². The molecule has 6 N–H and O–H groups in total. The maximum absolute atomic E-state index is 13.9. The van der Waals surface area contributed by atoms with Gasteiger partial charge in [-0.2, -0.15) is 0 Å². The van der Waals surface area contributed by atoms with Gasteiger partial charge in [0.25, 0.3) is 23.6 Å². The van der Waals surface area contributed by atoms with Crippen molar-refractivity contribution in [2.75, 3.05) is 5.32 Å². The van der Waals surface area contributed by atoms with Gasteiger partial charge < -0.3 is 31.1 Å². The van der Waals surface area contributed by atoms with Crippen LogP contribution < -0.4 is 21.7 Å². The number of anilines is 1. The summed E-state index contributed by atoms with van der Waals surface area (Å²) < 4.78 is 8.47. The van der Waals surface area contributed by atoms with E-state index in [2.05, 4.69) is 50.8 Å². The van der Waals surface area contributed by atoms with Gasteiger partial charge in [0.1, 0.15) is 66.0 Å². The summed E-state index contributed by atoms with van der Waals surface area (Å²) in [5, 5.41) is 9.18. The second-order valence-corrected chi connectivity index (χ2v) is 13.3. The lowest BCUT2D eigenvalue weighted by molar-refractivity contribution is -0.137. The first-order chi connectivity index (χ1) is 29.1. The van der Waals surface area contributed by atoms with Gasteiger partial charge in [-0.25, -0.2) is 29.9 Å². The number of para-hydroxylation sites is 1. The van der Waals surface area contributed by atoms with Crippen molar-refractivity contribution in [3.05, 3.63) is 140 Å². The molecule has 8 rings (SSSR count). The number of hydrogen-bond acceptors (Lipinski definition) is 13. The van der Waals surface area contributed by atoms with E-state index in [0.717, 1.165) is 0 Å². The number of nitrogens with zero attached hydrogens (tertiary/aromatic N) is 8. The minimum atomic E-state index is -1.36. The lowest BCUT2D eigenvalue weighted by Crippen LogP contribution is -2.47. The zero-order valence-corrected chi connectivity index (χ0v) is 31.1. The molecule has 0 saturated heterocycles. The lowest BCUT2D eigenvalue weighted by Gasteiger charge is -2.18. The number of nitrogens with one attached hydrogen (secondary N) is 4. The number of rotatable bonds is 15. The first-order valence-corrected chi connectivity index (χ1v) is 18.1. The molecule has 2 aromatic carbocycles. The molecular weight excluding hydrogens is 775 g/mol. The number of imidazole rings is 2. The van der Waals surface area contributed by atoms with Gasteiger partial charge >= 0.3 is 0 Å². The predicted octanol–water partition coefficient (Wildman–Crippen LogP) is 1.81. The molecule has 6 heterocycles. The standard InChI is InChI=1S/C40H31N13O7/c41-37(56)35(54)28(50-38(57)30-15-44-20-52(30)33-7-9-42-18-47-33)11-22-14-46-27-13-24(5-6-25(22)27)49-40(59)36(55)29(12-23-17-60-32-4-2-1-3-26(23)32)51-39(58)31-16-45-21-53(31)34-8-10-43-19-48-34/h1-10,13-21,28-29,46H,11-12H2,(H2,41,56)(H,49,59)(H,50,57)(H,51,58). The summed E-state index contributed by atoms with van der Waals surface area (Å²) in [4.78, 5) is 107. The number of hydrogen-bond donors (Lipinski definition) is 5. The summed E-state index contributed by atoms with van der Waals surface area (Å²) in [5.41, 5.74) is 7.86. The lowest BCUT2D eigenvalue weighted by atomic mass is 10.00. The molecule has 0 fully saturated rings. The van der Waals surface area contributed by atoms with Crippen LogP contribution in [0.5, 0.6) is 0 Å². The molecule has 4 amide bonds. The van der Waals surface area contributed by atoms with Gasteiger partial charge in [-0.3, -0.25) is 37.9 Å². The normalized spacial score (nSPS) is 12.1. The van der Waals surface area contributed by atoms with E-state index in [-0.39, 0.29) is 29.9 Å². The molecule has 2 unspecified atom stereocenters. The average Bonchev–Trinajstić information content (AvgIpc) is 4.10. The van der Waals surface area contributed by atoms with Gasteiger partial charge in [0, 0.05) is 59.0 Å². The largest absolute Gasteiger partial charge is 0.464 e. The van der Waals surface area contributed by atoms with Crippen LogP contribution in [0, 0.1) is 0 Å². The number of primary amides is 1. The van der Waals surface area contributed by atoms with E-state index in [0.29, 0.717) is 44.6 Å². The molecule has 60 heavy (non-hydrogen) atoms. The molecule has 0 spiro atoms. The maximum Gasteiger partial charge on any atom is 0.293 e. The number of amides is 4. The highest BCUT2D eigenvalue weighted by Gasteiger charge is 2.31. The Hall–Kier alpha value is -8.68. The quantitative estimate of drug-likeness (QED) is 0.0926. The SMILES string of the molecule is NC(=O)C(=O)C(Cc1c[nH]c2cc(NC(=O)C(=O)C(Cc3coc4ccccc34)NC(=O)c3cncn3-c3ccncn3)ccc12)NC(=O)c1cncn1-c1ccncn1. The monoisotopic (exact) mass is 805 g/mol. The molecule has 298 valence electrons. The Bertz CT molecular complexity index is 2920. The highest BCUT2D eigenvalue weighted by atomic mass is 16.3. The van der Waals surface area contributed by atoms with Crippen molar-refractivity contribution < 1.29 is 33.2 Å². The van der Waals surface area contributed by atoms with E-state index in [1.54, 1.807) is 54.7 Å². The zero-order chi connectivity index (χ0) is 41.8. The second kappa shape index (κ2) is 16.4. The maximum atomic E-state index is 13.9. The van der Waals surface area contributed by atoms with Crippen LogP contribution in [0.25, 0.3) is 33.5 Å². The predicted molar refractivity (Wildman–Crippen MR) is 211 cm³/mol. The van der Waals surface area contributed by atoms with Crippen LogP contribution >= 0.6 is 0 Å². The molecule has 0 aliphatic rings. The van der Waals surface area contributed by atoms with Crippen molar-refractivity contribution in [1.82, 2.24) is 54.7 Å². The average molecular weight is 806 g/mol. The fourth-order valence-corrected chi connectivity index (χ4v) is 6.61. The van der Waals surface area contributed by atoms with Gasteiger partial charge in [0.05, 0.1) is 18.7 Å². The number of carbonyl (C=O) groups is 6. The van der Waals surface area contributed by atoms with Crippen LogP contribution in [0.4, 0.5) is 5.69 Å². The molecular formula is C40H31N13O7. The summed E-state index contributed by atoms with van der Waals surface area (Å²) >= 11 is 0. The highest BCUT2D eigenvalue weighted by molar-refractivity contribution is 6.43. The topological polar surface area (TPSA) is 281 Å². The number of aromatic nitrogens is 9. The van der Waals surface area contributed by atoms with E-state index in [4.69, 9.17) is 10.2 Å². The minimum Gasteiger partial charge on any atom is -0.464 e. The molecule has 0 radical (unpaired) electrons. The number of aromatic amines is 1. The third-order valence-corrected chi connectivity index (χ3v) is 9.51. The summed E-state index contributed by atoms with van der Waals surface area (Å²) in [5.74, 6) is -4.93. The van der Waals surface area contributed by atoms with Gasteiger partial charge in [0.2, 0.25) is 11.6 Å². The number of ketones is 2. The first-order valence-electron chi connectivity index (χ1n) is 18.1. The zero-order valence-electron chi connectivity index (χ0n) is 31.1. The van der Waals surface area contributed by atoms with Crippen molar-refractivity contribution >= 4 is 62.8 Å². The van der Waals surface area contributed by atoms with Crippen molar-refractivity contribution in [2.24, 2.45) is 5.73 Å². The molecule has 2 atom stereocenters. The number of H-pyrrole nitrogens is 1. The molecule has 8 aromatic rings. The van der Waals surface area contributed by atoms with Crippen molar-refractivity contribution in [1.29, 1.82) is 0 Å². The van der Waals surface area contributed by atoms with Crippen molar-refractivity contribution in [3.8, 4) is 11.6 Å². The molecule has 0 aliphatic heterocycles. The number of Topliss-reactive ketones (excluding diaryl/α,β-unsaturated/α-hetero) is 2. The molecule has 0 saturated carbocycles. The van der Waals surface area contributed by atoms with Gasteiger partial charge in [-0.1, -0.05) is 24.3 Å². The molecule has 20 heteroatoms. The second-order valence-electron chi connectivity index (χ2n) is 13.3. The Kier molecular flexibility index (Phi) is 10.5. The smallest absolute Gasteiger partial charge is 0.293 e. The van der Waals surface area contributed by atoms with Crippen LogP contribution in [0.1, 0.15) is 32.1 Å². The van der Waals surface area contributed by atoms with E-state index in [1.165, 1.54) is 71.6 Å². The van der Waals surface area contributed by atoms with E-state index in [9.17, 15) is 28.8 Å². The van der Waals surface area contributed by atoms with Gasteiger partial charge in [-0.15, -0.1) is 0 Å². The fraction of sp³-hybridized carbons (Fsp3) is 0.100. The Morgan fingerprint density at radius 3 is 1.95 bits per heavy atom. The van der Waals surface area contributed by atoms with E-state index >= 15 is 0 Å². The fourth-order valence-electron chi connectivity index (χ4n) is 6.61. The van der Waals surface area contributed by atoms with Crippen LogP contribution in [0.15, 0.2) is 122 Å². The van der Waals surface area contributed by atoms with Gasteiger partial charge in [-0.05, 0) is 35.9 Å². The Balaban J connectivity index is 1.00. The number of benzene rings is 2. The van der Waals surface area contributed by atoms with E-state index < -0.39 is 47.3 Å². The summed E-state index contributed by atoms with van der Waals surface area (Å²) in [7, 11) is 0. The summed E-state index contributed by atoms with van der Waals surface area (Å²) in [6.45, 7) is 0. The van der Waals surface area contributed by atoms with Crippen LogP contribution in [0.2, 0.25) is 0 Å². The van der Waals surface area contributed by atoms with Crippen LogP contribution in [-0.4, -0.2) is 91.3 Å². The Labute approximate surface area is 337 Å². The molecule has 0 bridgehead atoms.